The molecular weight excluding hydrogens is 1530 g/mol. The molecule has 4 aliphatic carbocycles. The van der Waals surface area contributed by atoms with Crippen molar-refractivity contribution >= 4 is 76.0 Å². The van der Waals surface area contributed by atoms with Gasteiger partial charge in [-0.3, -0.25) is 23.7 Å². The van der Waals surface area contributed by atoms with Crippen LogP contribution in [-0.4, -0.2) is 164 Å². The molecule has 1 aliphatic heterocycles. The fourth-order valence-corrected chi connectivity index (χ4v) is 14.3. The molecule has 0 amide bonds. The van der Waals surface area contributed by atoms with E-state index in [4.69, 9.17) is 0 Å². The SMILES string of the molecule is CCNc1nc(Nc2cnn(C3CC(n4ccnn4)C3)c2C)ncc1C(F)(F)F.CCNc1nc(Nc2cnn(C3CCC4=C3CN=C4)c2C)ncc1C(F)(F)F.CNc1nc(Nc2cn(C3CCC(n4ccnn4)C3)nc2C)ncc1C(F)(F)F.CNc1nc(Nc2cnn(C3CCC(n4ccnn4)C3)c2C)ncc1C(F)(F)F. The zero-order valence-electron chi connectivity index (χ0n) is 63.1. The van der Waals surface area contributed by atoms with Crippen LogP contribution < -0.4 is 42.5 Å². The monoisotopic (exact) mass is 1610 g/mol. The van der Waals surface area contributed by atoms with Gasteiger partial charge in [0.2, 0.25) is 23.8 Å². The molecule has 11 aromatic rings. The van der Waals surface area contributed by atoms with Crippen LogP contribution in [0.25, 0.3) is 0 Å². The Morgan fingerprint density at radius 2 is 0.783 bits per heavy atom. The highest BCUT2D eigenvalue weighted by Gasteiger charge is 2.41. The highest BCUT2D eigenvalue weighted by molar-refractivity contribution is 5.84. The molecule has 11 aromatic heterocycles. The second kappa shape index (κ2) is 33.7. The number of alkyl halides is 12. The van der Waals surface area contributed by atoms with Gasteiger partial charge in [0.25, 0.3) is 0 Å². The summed E-state index contributed by atoms with van der Waals surface area (Å²) in [6.07, 6.45) is 13.6. The Labute approximate surface area is 647 Å². The van der Waals surface area contributed by atoms with Gasteiger partial charge >= 0.3 is 24.7 Å². The van der Waals surface area contributed by atoms with Crippen molar-refractivity contribution in [2.45, 2.75) is 173 Å². The van der Waals surface area contributed by atoms with Crippen molar-refractivity contribution in [3.63, 3.8) is 0 Å². The lowest BCUT2D eigenvalue weighted by Gasteiger charge is -2.35. The standard InChI is InChI=1S/C18H20F3N7.3C17H20F3N9/c1-3-23-16-13(18(19,20)21)8-24-17(27-16)26-14-9-25-28(10(14)2)15-5-4-11-6-22-7-12(11)15;1-10-14(24-16-22-8-13(17(18,19)20)15(21-2)25-16)9-29(26-10)12-4-3-11(7-12)28-6-5-23-27-28;1-10-14(25-16-22-8-13(17(18,19)20)15(21-2)26-16)9-24-29(10)12-4-3-11(7-12)28-6-5-23-27-28;1-3-21-15-13(17(18,19)20)8-22-16(26-15)25-14-9-24-29(10(14)2)12-6-11(7-12)28-5-4-23-27-28/h6,8-9,15H,3-5,7H2,1-2H3,(H2,23,24,26,27);5-6,8-9,11-12H,3-4,7H2,1-2H3,(H2,21,22,24,25);5-6,8-9,11-12H,3-4,7H2,1-2H3,(H2,21,22,25,26);4-5,8-9,11-12H,3,6-7H2,1-2H3,(H2,21,22,25,26). The minimum absolute atomic E-state index is 0.0666. The summed E-state index contributed by atoms with van der Waals surface area (Å²) in [6, 6.07) is 1.66. The molecule has 5 unspecified atom stereocenters. The largest absolute Gasteiger partial charge is 0.421 e. The highest BCUT2D eigenvalue weighted by atomic mass is 19.4. The first-order valence-electron chi connectivity index (χ1n) is 36.6. The Balaban J connectivity index is 0.000000134. The van der Waals surface area contributed by atoms with Crippen LogP contribution in [0.2, 0.25) is 0 Å². The van der Waals surface area contributed by atoms with Crippen LogP contribution in [0.5, 0.6) is 0 Å². The lowest BCUT2D eigenvalue weighted by atomic mass is 9.87. The van der Waals surface area contributed by atoms with Gasteiger partial charge in [0, 0.05) is 83.0 Å². The van der Waals surface area contributed by atoms with E-state index in [1.54, 1.807) is 51.0 Å². The fourth-order valence-electron chi connectivity index (χ4n) is 14.3. The fraction of sp³-hybridized carbons (Fsp3) is 0.464. The second-order valence-electron chi connectivity index (χ2n) is 27.5. The second-order valence-corrected chi connectivity index (χ2v) is 27.5. The summed E-state index contributed by atoms with van der Waals surface area (Å²) < 4.78 is 170. The van der Waals surface area contributed by atoms with Crippen molar-refractivity contribution in [3.8, 4) is 0 Å². The minimum atomic E-state index is -4.53. The molecule has 34 nitrogen and oxygen atoms in total. The lowest BCUT2D eigenvalue weighted by molar-refractivity contribution is -0.138. The first-order valence-corrected chi connectivity index (χ1v) is 36.6. The Kier molecular flexibility index (Phi) is 23.6. The highest BCUT2D eigenvalue weighted by Crippen LogP contribution is 2.46. The predicted molar refractivity (Wildman–Crippen MR) is 396 cm³/mol. The third kappa shape index (κ3) is 18.3. The number of nitrogens with zero attached hydrogens (tertiary/aromatic N) is 26. The first-order chi connectivity index (χ1) is 55.0. The molecule has 610 valence electrons. The van der Waals surface area contributed by atoms with E-state index in [2.05, 4.69) is 139 Å². The topological polar surface area (TPSA) is 375 Å². The Bertz CT molecular complexity index is 5100. The number of aromatic nitrogens is 25. The number of aliphatic imine (C=N–C) groups is 1. The van der Waals surface area contributed by atoms with Gasteiger partial charge in [0.1, 0.15) is 45.5 Å². The molecule has 115 heavy (non-hydrogen) atoms. The Morgan fingerprint density at radius 3 is 1.20 bits per heavy atom. The molecule has 46 heteroatoms. The van der Waals surface area contributed by atoms with Crippen LogP contribution in [0.1, 0.15) is 165 Å². The third-order valence-corrected chi connectivity index (χ3v) is 20.2. The maximum atomic E-state index is 13.1. The van der Waals surface area contributed by atoms with E-state index in [1.807, 2.05) is 91.5 Å². The molecule has 3 fully saturated rings. The van der Waals surface area contributed by atoms with Crippen molar-refractivity contribution in [2.75, 3.05) is 76.3 Å². The molecule has 8 N–H and O–H groups in total. The Hall–Kier alpha value is -12.5. The van der Waals surface area contributed by atoms with E-state index in [0.717, 1.165) is 106 Å². The van der Waals surface area contributed by atoms with E-state index in [9.17, 15) is 52.7 Å². The molecule has 0 bridgehead atoms. The van der Waals surface area contributed by atoms with E-state index >= 15 is 0 Å². The first kappa shape index (κ1) is 80.6. The van der Waals surface area contributed by atoms with Gasteiger partial charge in [0.15, 0.2) is 0 Å². The van der Waals surface area contributed by atoms with Gasteiger partial charge in [-0.1, -0.05) is 15.6 Å². The third-order valence-electron chi connectivity index (χ3n) is 20.2. The quantitative estimate of drug-likeness (QED) is 0.0310. The molecule has 5 aliphatic rings. The summed E-state index contributed by atoms with van der Waals surface area (Å²) in [7, 11) is 2.77. The molecule has 16 rings (SSSR count). The number of hydrogen-bond acceptors (Lipinski definition) is 27. The number of rotatable bonds is 21. The molecule has 12 heterocycles. The normalized spacial score (nSPS) is 19.2. The van der Waals surface area contributed by atoms with Crippen LogP contribution in [-0.2, 0) is 24.7 Å². The van der Waals surface area contributed by atoms with Crippen molar-refractivity contribution < 1.29 is 52.7 Å². The van der Waals surface area contributed by atoms with Gasteiger partial charge in [-0.05, 0) is 117 Å². The number of halogens is 12. The predicted octanol–water partition coefficient (Wildman–Crippen LogP) is 13.9. The average molecular weight is 1610 g/mol. The zero-order valence-corrected chi connectivity index (χ0v) is 63.1. The minimum Gasteiger partial charge on any atom is -0.372 e. The number of hydrogen-bond donors (Lipinski definition) is 8. The van der Waals surface area contributed by atoms with Gasteiger partial charge in [-0.2, -0.15) is 93.0 Å². The van der Waals surface area contributed by atoms with Gasteiger partial charge < -0.3 is 42.5 Å². The number of anilines is 12. The zero-order chi connectivity index (χ0) is 81.7. The van der Waals surface area contributed by atoms with E-state index in [1.165, 1.54) is 25.2 Å². The van der Waals surface area contributed by atoms with Crippen LogP contribution in [0.4, 0.5) is 122 Å². The van der Waals surface area contributed by atoms with Gasteiger partial charge in [-0.25, -0.2) is 34.0 Å². The van der Waals surface area contributed by atoms with Crippen molar-refractivity contribution in [1.82, 2.24) is 124 Å². The van der Waals surface area contributed by atoms with Crippen molar-refractivity contribution in [2.24, 2.45) is 4.99 Å². The summed E-state index contributed by atoms with van der Waals surface area (Å²) in [5.41, 5.74) is 4.88. The van der Waals surface area contributed by atoms with Crippen LogP contribution >= 0.6 is 0 Å². The number of nitrogens with one attached hydrogen (secondary N) is 8. The van der Waals surface area contributed by atoms with Crippen LogP contribution in [0.3, 0.4) is 0 Å². The number of aryl methyl sites for hydroxylation is 1. The van der Waals surface area contributed by atoms with Crippen molar-refractivity contribution in [1.29, 1.82) is 0 Å². The van der Waals surface area contributed by atoms with E-state index in [0.29, 0.717) is 54.1 Å². The molecular formula is C69H80F12N34. The molecule has 3 saturated carbocycles. The summed E-state index contributed by atoms with van der Waals surface area (Å²) in [4.78, 5) is 35.5. The molecule has 0 saturated heterocycles. The van der Waals surface area contributed by atoms with E-state index in [-0.39, 0.29) is 83.3 Å². The van der Waals surface area contributed by atoms with Crippen LogP contribution in [0.15, 0.2) is 103 Å². The summed E-state index contributed by atoms with van der Waals surface area (Å²) in [5.74, 6) is -0.775. The van der Waals surface area contributed by atoms with Gasteiger partial charge in [-0.15, -0.1) is 15.3 Å². The number of allylic oxidation sites excluding steroid dienone is 1. The smallest absolute Gasteiger partial charge is 0.372 e. The van der Waals surface area contributed by atoms with Crippen molar-refractivity contribution in [3.05, 3.63) is 143 Å². The van der Waals surface area contributed by atoms with E-state index < -0.39 is 47.0 Å². The van der Waals surface area contributed by atoms with Crippen LogP contribution in [0, 0.1) is 27.7 Å². The Morgan fingerprint density at radius 1 is 0.417 bits per heavy atom. The average Bonchev–Trinajstić information content (AvgIpc) is 1.16. The maximum Gasteiger partial charge on any atom is 0.421 e. The van der Waals surface area contributed by atoms with Gasteiger partial charge in [0.05, 0.1) is 132 Å². The maximum absolute atomic E-state index is 13.1. The summed E-state index contributed by atoms with van der Waals surface area (Å²) >= 11 is 0. The summed E-state index contributed by atoms with van der Waals surface area (Å²) in [6.45, 7) is 12.3. The molecule has 5 atom stereocenters. The summed E-state index contributed by atoms with van der Waals surface area (Å²) in [5, 5.41) is 63.8. The molecule has 0 spiro atoms. The molecule has 0 aromatic carbocycles. The molecule has 0 radical (unpaired) electrons. The lowest BCUT2D eigenvalue weighted by Crippen LogP contribution is -2.30.